The zero-order chi connectivity index (χ0) is 21.4. The molecule has 1 aromatic rings. The molecule has 9 heteroatoms. The Labute approximate surface area is 164 Å². The largest absolute Gasteiger partial charge is 0.511 e. The van der Waals surface area contributed by atoms with E-state index >= 15 is 0 Å². The number of hydrogen-bond donors (Lipinski definition) is 6. The van der Waals surface area contributed by atoms with E-state index in [1.807, 2.05) is 0 Å². The number of ketones is 2. The van der Waals surface area contributed by atoms with E-state index in [4.69, 9.17) is 11.5 Å². The normalized spacial score (nSPS) is 31.3. The molecule has 4 rings (SSSR count). The number of anilines is 1. The molecular weight excluding hydrogens is 380 g/mol. The van der Waals surface area contributed by atoms with Gasteiger partial charge in [0.15, 0.2) is 11.6 Å². The number of carbonyl (C=O) groups is 3. The molecule has 3 unspecified atom stereocenters. The lowest BCUT2D eigenvalue weighted by molar-refractivity contribution is -0.133. The Kier molecular flexibility index (Phi) is 3.99. The number of hydrogen-bond acceptors (Lipinski definition) is 8. The number of rotatable bonds is 1. The van der Waals surface area contributed by atoms with E-state index < -0.39 is 70.1 Å². The van der Waals surface area contributed by atoms with Gasteiger partial charge in [-0.25, -0.2) is 0 Å². The molecule has 29 heavy (non-hydrogen) atoms. The van der Waals surface area contributed by atoms with Crippen molar-refractivity contribution >= 4 is 28.9 Å². The van der Waals surface area contributed by atoms with Crippen molar-refractivity contribution in [3.05, 3.63) is 40.2 Å². The second-order valence-electron chi connectivity index (χ2n) is 7.79. The third-order valence-corrected chi connectivity index (χ3v) is 6.38. The molecule has 0 aromatic heterocycles. The van der Waals surface area contributed by atoms with Crippen LogP contribution in [0.2, 0.25) is 0 Å². The summed E-state index contributed by atoms with van der Waals surface area (Å²) in [6.45, 7) is 1.72. The number of amides is 1. The van der Waals surface area contributed by atoms with Gasteiger partial charge < -0.3 is 31.9 Å². The van der Waals surface area contributed by atoms with Crippen LogP contribution in [0.1, 0.15) is 30.4 Å². The second-order valence-corrected chi connectivity index (χ2v) is 7.79. The molecule has 0 bridgehead atoms. The van der Waals surface area contributed by atoms with E-state index in [0.717, 1.165) is 0 Å². The van der Waals surface area contributed by atoms with E-state index in [1.165, 1.54) is 6.07 Å². The molecule has 1 fully saturated rings. The lowest BCUT2D eigenvalue weighted by Gasteiger charge is -2.46. The number of benzene rings is 1. The van der Waals surface area contributed by atoms with Gasteiger partial charge in [-0.15, -0.1) is 0 Å². The lowest BCUT2D eigenvalue weighted by atomic mass is 9.57. The highest BCUT2D eigenvalue weighted by atomic mass is 16.3. The van der Waals surface area contributed by atoms with Gasteiger partial charge in [0, 0.05) is 23.8 Å². The Morgan fingerprint density at radius 2 is 1.83 bits per heavy atom. The maximum absolute atomic E-state index is 13.3. The number of fused-ring (bicyclic) bond motifs is 3. The number of aromatic hydroxyl groups is 1. The molecule has 152 valence electrons. The Balaban J connectivity index is 1.97. The summed E-state index contributed by atoms with van der Waals surface area (Å²) in [7, 11) is 0. The minimum atomic E-state index is -1.39. The fraction of sp³-hybridized carbons (Fsp3) is 0.350. The van der Waals surface area contributed by atoms with Crippen molar-refractivity contribution in [1.82, 2.24) is 0 Å². The predicted molar refractivity (Wildman–Crippen MR) is 100 cm³/mol. The minimum absolute atomic E-state index is 0.00487. The number of aliphatic hydroxyl groups excluding tert-OH is 3. The van der Waals surface area contributed by atoms with Crippen molar-refractivity contribution in [3.63, 3.8) is 0 Å². The first-order valence-corrected chi connectivity index (χ1v) is 9.11. The summed E-state index contributed by atoms with van der Waals surface area (Å²) in [5.74, 6) is -8.09. The first kappa shape index (κ1) is 19.0. The summed E-state index contributed by atoms with van der Waals surface area (Å²) in [5, 5.41) is 42.7. The lowest BCUT2D eigenvalue weighted by Crippen LogP contribution is -2.52. The van der Waals surface area contributed by atoms with Gasteiger partial charge in [-0.1, -0.05) is 13.0 Å². The SMILES string of the molecule is C[C@H]1c2ccc(N)c(O)c2C(O)=C2C(=O)C3C(O)=C(C(N)=O)C(=O)CC3[C@@H](O)C21. The van der Waals surface area contributed by atoms with Crippen molar-refractivity contribution in [3.8, 4) is 5.75 Å². The van der Waals surface area contributed by atoms with E-state index in [-0.39, 0.29) is 23.2 Å². The van der Waals surface area contributed by atoms with Crippen molar-refractivity contribution in [2.24, 2.45) is 23.5 Å². The molecule has 0 radical (unpaired) electrons. The summed E-state index contributed by atoms with van der Waals surface area (Å²) in [6.07, 6.45) is -1.60. The van der Waals surface area contributed by atoms with Crippen molar-refractivity contribution in [2.45, 2.75) is 25.4 Å². The van der Waals surface area contributed by atoms with Crippen LogP contribution in [0.4, 0.5) is 5.69 Å². The molecule has 1 amide bonds. The fourth-order valence-corrected chi connectivity index (χ4v) is 5.00. The molecule has 0 heterocycles. The van der Waals surface area contributed by atoms with E-state index in [2.05, 4.69) is 0 Å². The van der Waals surface area contributed by atoms with Crippen molar-refractivity contribution < 1.29 is 34.8 Å². The minimum Gasteiger partial charge on any atom is -0.511 e. The van der Waals surface area contributed by atoms with Gasteiger partial charge >= 0.3 is 0 Å². The molecule has 0 spiro atoms. The zero-order valence-corrected chi connectivity index (χ0v) is 15.4. The topological polar surface area (TPSA) is 184 Å². The zero-order valence-electron chi connectivity index (χ0n) is 15.4. The van der Waals surface area contributed by atoms with Gasteiger partial charge in [0.25, 0.3) is 5.91 Å². The van der Waals surface area contributed by atoms with Crippen LogP contribution in [0.3, 0.4) is 0 Å². The number of allylic oxidation sites excluding steroid dienone is 1. The van der Waals surface area contributed by atoms with Crippen molar-refractivity contribution in [1.29, 1.82) is 0 Å². The van der Waals surface area contributed by atoms with Gasteiger partial charge in [-0.3, -0.25) is 14.4 Å². The summed E-state index contributed by atoms with van der Waals surface area (Å²) in [4.78, 5) is 37.2. The van der Waals surface area contributed by atoms with E-state index in [1.54, 1.807) is 13.0 Å². The number of phenolic OH excluding ortho intramolecular Hbond substituents is 1. The second kappa shape index (κ2) is 6.08. The first-order chi connectivity index (χ1) is 13.6. The maximum Gasteiger partial charge on any atom is 0.255 e. The average Bonchev–Trinajstić information content (AvgIpc) is 2.64. The molecule has 0 saturated heterocycles. The summed E-state index contributed by atoms with van der Waals surface area (Å²) in [5.41, 5.74) is 10.5. The van der Waals surface area contributed by atoms with Gasteiger partial charge in [0.1, 0.15) is 22.8 Å². The van der Waals surface area contributed by atoms with E-state index in [9.17, 15) is 34.8 Å². The predicted octanol–water partition coefficient (Wildman–Crippen LogP) is 0.423. The third-order valence-electron chi connectivity index (χ3n) is 6.38. The number of aliphatic hydroxyl groups is 3. The number of nitrogens with two attached hydrogens (primary N) is 2. The van der Waals surface area contributed by atoms with Crippen LogP contribution in [-0.2, 0) is 14.4 Å². The van der Waals surface area contributed by atoms with Crippen LogP contribution in [0, 0.1) is 17.8 Å². The first-order valence-electron chi connectivity index (χ1n) is 9.11. The quantitative estimate of drug-likeness (QED) is 0.222. The highest BCUT2D eigenvalue weighted by Gasteiger charge is 2.56. The Hall–Kier alpha value is -3.33. The van der Waals surface area contributed by atoms with Gasteiger partial charge in [0.2, 0.25) is 0 Å². The highest BCUT2D eigenvalue weighted by molar-refractivity contribution is 6.21. The molecule has 1 aromatic carbocycles. The molecule has 9 nitrogen and oxygen atoms in total. The molecule has 0 aliphatic heterocycles. The highest BCUT2D eigenvalue weighted by Crippen LogP contribution is 2.54. The Morgan fingerprint density at radius 3 is 2.45 bits per heavy atom. The molecule has 1 saturated carbocycles. The van der Waals surface area contributed by atoms with Crippen molar-refractivity contribution in [2.75, 3.05) is 5.73 Å². The van der Waals surface area contributed by atoms with Crippen LogP contribution in [-0.4, -0.2) is 44.0 Å². The number of carbonyl (C=O) groups excluding carboxylic acids is 3. The summed E-state index contributed by atoms with van der Waals surface area (Å²) in [6, 6.07) is 3.06. The maximum atomic E-state index is 13.3. The fourth-order valence-electron chi connectivity index (χ4n) is 5.00. The van der Waals surface area contributed by atoms with Crippen LogP contribution >= 0.6 is 0 Å². The number of primary amides is 1. The van der Waals surface area contributed by atoms with Crippen LogP contribution in [0.25, 0.3) is 5.76 Å². The summed E-state index contributed by atoms with van der Waals surface area (Å²) >= 11 is 0. The van der Waals surface area contributed by atoms with E-state index in [0.29, 0.717) is 5.56 Å². The molecule has 3 aliphatic rings. The molecule has 8 N–H and O–H groups in total. The number of nitrogen functional groups attached to an aromatic ring is 1. The van der Waals surface area contributed by atoms with Crippen LogP contribution in [0.15, 0.2) is 29.0 Å². The molecule has 3 aliphatic carbocycles. The van der Waals surface area contributed by atoms with Crippen LogP contribution in [0.5, 0.6) is 5.75 Å². The third kappa shape index (κ3) is 2.34. The average molecular weight is 400 g/mol. The Bertz CT molecular complexity index is 1060. The molecular formula is C20H20N2O7. The molecule has 5 atom stereocenters. The standard InChI is InChI=1S/C20H20N2O7/c1-5-6-2-3-8(21)16(25)11(6)18(27)14-10(5)15(24)7-4-9(23)13(20(22)29)17(26)12(7)19(14)28/h2-3,5,7,10,12,15,24-27H,4,21H2,1H3,(H2,22,29)/t5-,7?,10?,12?,15+/m0/s1. The van der Waals surface area contributed by atoms with Crippen LogP contribution < -0.4 is 11.5 Å². The summed E-state index contributed by atoms with van der Waals surface area (Å²) < 4.78 is 0. The van der Waals surface area contributed by atoms with Gasteiger partial charge in [-0.2, -0.15) is 0 Å². The number of phenols is 1. The number of Topliss-reactive ketones (excluding diaryl/α,β-unsaturated/α-hetero) is 2. The smallest absolute Gasteiger partial charge is 0.255 e. The Morgan fingerprint density at radius 1 is 1.17 bits per heavy atom. The monoisotopic (exact) mass is 400 g/mol. The van der Waals surface area contributed by atoms with Gasteiger partial charge in [0.05, 0.1) is 23.3 Å². The van der Waals surface area contributed by atoms with Gasteiger partial charge in [-0.05, 0) is 17.5 Å².